The Morgan fingerprint density at radius 2 is 1.83 bits per heavy atom. The third-order valence-electron chi connectivity index (χ3n) is 3.52. The van der Waals surface area contributed by atoms with E-state index in [-0.39, 0.29) is 11.8 Å². The van der Waals surface area contributed by atoms with Crippen LogP contribution in [0.4, 0.5) is 5.00 Å². The predicted molar refractivity (Wildman–Crippen MR) is 93.5 cm³/mol. The number of hydrogen-bond acceptors (Lipinski definition) is 5. The molecule has 23 heavy (non-hydrogen) atoms. The van der Waals surface area contributed by atoms with E-state index in [0.717, 1.165) is 5.56 Å². The van der Waals surface area contributed by atoms with Gasteiger partial charge in [-0.1, -0.05) is 29.8 Å². The number of nitrogens with one attached hydrogen (secondary N) is 1. The monoisotopic (exact) mass is 331 g/mol. The van der Waals surface area contributed by atoms with Crippen LogP contribution in [0.5, 0.6) is 0 Å². The number of Topliss-reactive ketones (excluding diaryl/α,β-unsaturated/α-hetero) is 1. The number of ether oxygens (including phenoxy) is 1. The Morgan fingerprint density at radius 3 is 2.39 bits per heavy atom. The summed E-state index contributed by atoms with van der Waals surface area (Å²) in [6.45, 7) is 8.00. The fraction of sp³-hybridized carbons (Fsp3) is 0.333. The fourth-order valence-electron chi connectivity index (χ4n) is 2.31. The van der Waals surface area contributed by atoms with Crippen molar-refractivity contribution in [2.45, 2.75) is 34.2 Å². The van der Waals surface area contributed by atoms with Crippen molar-refractivity contribution < 1.29 is 14.3 Å². The predicted octanol–water partition coefficient (Wildman–Crippen LogP) is 4.36. The number of ketones is 1. The maximum atomic E-state index is 12.2. The van der Waals surface area contributed by atoms with Gasteiger partial charge in [-0.2, -0.15) is 0 Å². The number of carbonyl (C=O) groups is 2. The molecule has 0 atom stereocenters. The van der Waals surface area contributed by atoms with E-state index in [2.05, 4.69) is 5.32 Å². The van der Waals surface area contributed by atoms with E-state index in [1.807, 2.05) is 31.2 Å². The van der Waals surface area contributed by atoms with Crippen LogP contribution in [0, 0.1) is 13.8 Å². The highest BCUT2D eigenvalue weighted by atomic mass is 32.1. The molecule has 2 rings (SSSR count). The Kier molecular flexibility index (Phi) is 5.55. The third kappa shape index (κ3) is 3.99. The van der Waals surface area contributed by atoms with Gasteiger partial charge in [0.1, 0.15) is 5.00 Å². The summed E-state index contributed by atoms with van der Waals surface area (Å²) in [5, 5.41) is 3.96. The number of benzene rings is 1. The summed E-state index contributed by atoms with van der Waals surface area (Å²) < 4.78 is 5.13. The van der Waals surface area contributed by atoms with Crippen LogP contribution in [0.25, 0.3) is 0 Å². The minimum Gasteiger partial charge on any atom is -0.462 e. The molecule has 0 saturated carbocycles. The zero-order valence-corrected chi connectivity index (χ0v) is 14.7. The maximum absolute atomic E-state index is 12.2. The molecule has 0 spiro atoms. The van der Waals surface area contributed by atoms with Crippen molar-refractivity contribution in [2.75, 3.05) is 11.9 Å². The molecule has 4 nitrogen and oxygen atoms in total. The Balaban J connectivity index is 2.28. The molecule has 1 aromatic heterocycles. The van der Waals surface area contributed by atoms with Gasteiger partial charge < -0.3 is 10.1 Å². The second kappa shape index (κ2) is 7.42. The van der Waals surface area contributed by atoms with Crippen molar-refractivity contribution in [3.63, 3.8) is 0 Å². The first-order valence-electron chi connectivity index (χ1n) is 7.54. The summed E-state index contributed by atoms with van der Waals surface area (Å²) in [6.07, 6.45) is 0. The molecule has 1 heterocycles. The lowest BCUT2D eigenvalue weighted by Crippen LogP contribution is -2.09. The van der Waals surface area contributed by atoms with Crippen molar-refractivity contribution >= 4 is 28.1 Å². The first-order chi connectivity index (χ1) is 10.9. The van der Waals surface area contributed by atoms with Crippen molar-refractivity contribution in [2.24, 2.45) is 0 Å². The lowest BCUT2D eigenvalue weighted by atomic mass is 10.1. The second-order valence-electron chi connectivity index (χ2n) is 5.38. The SMILES string of the molecule is CCOC(=O)c1c(NCc2ccc(C)cc2)sc(C(C)=O)c1C. The van der Waals surface area contributed by atoms with Crippen molar-refractivity contribution in [3.05, 3.63) is 51.4 Å². The topological polar surface area (TPSA) is 55.4 Å². The van der Waals surface area contributed by atoms with Gasteiger partial charge in [0.05, 0.1) is 17.0 Å². The van der Waals surface area contributed by atoms with Gasteiger partial charge in [-0.05, 0) is 38.8 Å². The lowest BCUT2D eigenvalue weighted by Gasteiger charge is -2.08. The van der Waals surface area contributed by atoms with E-state index in [4.69, 9.17) is 4.74 Å². The Bertz CT molecular complexity index is 717. The van der Waals surface area contributed by atoms with E-state index in [1.165, 1.54) is 23.8 Å². The molecule has 0 saturated heterocycles. The molecule has 5 heteroatoms. The lowest BCUT2D eigenvalue weighted by molar-refractivity contribution is 0.0527. The van der Waals surface area contributed by atoms with Crippen LogP contribution in [0.3, 0.4) is 0 Å². The second-order valence-corrected chi connectivity index (χ2v) is 6.40. The number of aryl methyl sites for hydroxylation is 1. The van der Waals surface area contributed by atoms with Gasteiger partial charge in [0, 0.05) is 6.54 Å². The first kappa shape index (κ1) is 17.2. The fourth-order valence-corrected chi connectivity index (χ4v) is 3.40. The number of carbonyl (C=O) groups excluding carboxylic acids is 2. The Morgan fingerprint density at radius 1 is 1.17 bits per heavy atom. The standard InChI is InChI=1S/C18H21NO3S/c1-5-22-18(21)15-12(3)16(13(4)20)23-17(15)19-10-14-8-6-11(2)7-9-14/h6-9,19H,5,10H2,1-4H3. The number of thiophene rings is 1. The summed E-state index contributed by atoms with van der Waals surface area (Å²) in [5.41, 5.74) is 3.47. The number of anilines is 1. The molecule has 0 aliphatic carbocycles. The number of esters is 1. The van der Waals surface area contributed by atoms with Crippen molar-refractivity contribution in [1.82, 2.24) is 0 Å². The molecule has 1 aromatic carbocycles. The van der Waals surface area contributed by atoms with E-state index < -0.39 is 0 Å². The van der Waals surface area contributed by atoms with Gasteiger partial charge in [-0.25, -0.2) is 4.79 Å². The minimum absolute atomic E-state index is 0.0403. The molecule has 0 aliphatic rings. The summed E-state index contributed by atoms with van der Waals surface area (Å²) in [6, 6.07) is 8.17. The zero-order valence-electron chi connectivity index (χ0n) is 13.9. The van der Waals surface area contributed by atoms with E-state index in [1.54, 1.807) is 13.8 Å². The molecule has 0 bridgehead atoms. The minimum atomic E-state index is -0.389. The van der Waals surface area contributed by atoms with Crippen molar-refractivity contribution in [3.8, 4) is 0 Å². The van der Waals surface area contributed by atoms with E-state index in [9.17, 15) is 9.59 Å². The summed E-state index contributed by atoms with van der Waals surface area (Å²) >= 11 is 1.31. The molecule has 1 N–H and O–H groups in total. The van der Waals surface area contributed by atoms with Gasteiger partial charge in [0.25, 0.3) is 0 Å². The van der Waals surface area contributed by atoms with Crippen LogP contribution >= 0.6 is 11.3 Å². The summed E-state index contributed by atoms with van der Waals surface area (Å²) in [4.78, 5) is 24.6. The first-order valence-corrected chi connectivity index (χ1v) is 8.36. The van der Waals surface area contributed by atoms with Crippen LogP contribution in [0.15, 0.2) is 24.3 Å². The smallest absolute Gasteiger partial charge is 0.341 e. The molecule has 2 aromatic rings. The average Bonchev–Trinajstić information content (AvgIpc) is 2.84. The van der Waals surface area contributed by atoms with Gasteiger partial charge in [-0.15, -0.1) is 11.3 Å². The van der Waals surface area contributed by atoms with Crippen LogP contribution < -0.4 is 5.32 Å². The van der Waals surface area contributed by atoms with Crippen LogP contribution in [-0.2, 0) is 11.3 Å². The largest absolute Gasteiger partial charge is 0.462 e. The zero-order chi connectivity index (χ0) is 17.0. The van der Waals surface area contributed by atoms with E-state index >= 15 is 0 Å². The normalized spacial score (nSPS) is 10.4. The molecule has 0 fully saturated rings. The van der Waals surface area contributed by atoms with Gasteiger partial charge in [-0.3, -0.25) is 4.79 Å². The maximum Gasteiger partial charge on any atom is 0.341 e. The highest BCUT2D eigenvalue weighted by molar-refractivity contribution is 7.18. The van der Waals surface area contributed by atoms with Crippen LogP contribution in [0.1, 0.15) is 50.6 Å². The van der Waals surface area contributed by atoms with Crippen LogP contribution in [0.2, 0.25) is 0 Å². The summed E-state index contributed by atoms with van der Waals surface area (Å²) in [5.74, 6) is -0.429. The highest BCUT2D eigenvalue weighted by Crippen LogP contribution is 2.34. The molecule has 0 radical (unpaired) electrons. The molecule has 122 valence electrons. The molecule has 0 amide bonds. The number of hydrogen-bond donors (Lipinski definition) is 1. The van der Waals surface area contributed by atoms with Crippen molar-refractivity contribution in [1.29, 1.82) is 0 Å². The van der Waals surface area contributed by atoms with Gasteiger partial charge in [0.2, 0.25) is 0 Å². The quantitative estimate of drug-likeness (QED) is 0.631. The molecular weight excluding hydrogens is 310 g/mol. The molecule has 0 unspecified atom stereocenters. The van der Waals surface area contributed by atoms with E-state index in [0.29, 0.717) is 34.2 Å². The molecule has 0 aliphatic heterocycles. The highest BCUT2D eigenvalue weighted by Gasteiger charge is 2.23. The third-order valence-corrected chi connectivity index (χ3v) is 4.87. The van der Waals surface area contributed by atoms with Gasteiger partial charge >= 0.3 is 5.97 Å². The Hall–Kier alpha value is -2.14. The Labute approximate surface area is 140 Å². The van der Waals surface area contributed by atoms with Crippen LogP contribution in [-0.4, -0.2) is 18.4 Å². The summed E-state index contributed by atoms with van der Waals surface area (Å²) in [7, 11) is 0. The van der Waals surface area contributed by atoms with Gasteiger partial charge in [0.15, 0.2) is 5.78 Å². The average molecular weight is 331 g/mol. The molecular formula is C18H21NO3S. The number of rotatable bonds is 6.